The predicted octanol–water partition coefficient (Wildman–Crippen LogP) is 5.81. The van der Waals surface area contributed by atoms with Crippen LogP contribution < -0.4 is 10.5 Å². The zero-order valence-corrected chi connectivity index (χ0v) is 19.4. The molecule has 1 aromatic rings. The van der Waals surface area contributed by atoms with Gasteiger partial charge in [-0.05, 0) is 51.7 Å². The zero-order valence-electron chi connectivity index (χ0n) is 18.2. The van der Waals surface area contributed by atoms with Crippen molar-refractivity contribution in [3.63, 3.8) is 0 Å². The molecular formula is C25H39NSi. The van der Waals surface area contributed by atoms with E-state index >= 15 is 0 Å². The van der Waals surface area contributed by atoms with Crippen LogP contribution in [0.15, 0.2) is 53.1 Å². The largest absolute Gasteiger partial charge is 0.302 e. The van der Waals surface area contributed by atoms with Crippen LogP contribution in [0.2, 0.25) is 6.55 Å². The maximum atomic E-state index is 4.34. The van der Waals surface area contributed by atoms with Gasteiger partial charge in [0, 0.05) is 5.16 Å². The SMILES string of the molecule is CC1=CC(C)(NC2([SiH](C)c3ccccc3)CCCCCCCC2)C(C)=C1C. The molecule has 2 atom stereocenters. The average molecular weight is 382 g/mol. The van der Waals surface area contributed by atoms with Crippen molar-refractivity contribution in [2.45, 2.75) is 96.3 Å². The van der Waals surface area contributed by atoms with Gasteiger partial charge in [-0.25, -0.2) is 0 Å². The Morgan fingerprint density at radius 3 is 1.93 bits per heavy atom. The van der Waals surface area contributed by atoms with Gasteiger partial charge in [0.1, 0.15) is 0 Å². The Hall–Kier alpha value is -1.12. The fourth-order valence-electron chi connectivity index (χ4n) is 5.42. The van der Waals surface area contributed by atoms with Gasteiger partial charge in [-0.1, -0.05) is 92.2 Å². The second-order valence-corrected chi connectivity index (χ2v) is 12.5. The molecule has 2 aliphatic rings. The van der Waals surface area contributed by atoms with Crippen LogP contribution in [0.25, 0.3) is 0 Å². The van der Waals surface area contributed by atoms with Gasteiger partial charge in [0.15, 0.2) is 0 Å². The number of rotatable bonds is 4. The van der Waals surface area contributed by atoms with Crippen LogP contribution in [-0.4, -0.2) is 19.5 Å². The van der Waals surface area contributed by atoms with Crippen molar-refractivity contribution in [3.05, 3.63) is 53.1 Å². The molecule has 0 aliphatic heterocycles. The van der Waals surface area contributed by atoms with Crippen molar-refractivity contribution in [1.82, 2.24) is 5.32 Å². The molecule has 2 unspecified atom stereocenters. The summed E-state index contributed by atoms with van der Waals surface area (Å²) < 4.78 is 0. The van der Waals surface area contributed by atoms with Gasteiger partial charge in [0.25, 0.3) is 0 Å². The first kappa shape index (κ1) is 20.6. The monoisotopic (exact) mass is 381 g/mol. The molecule has 27 heavy (non-hydrogen) atoms. The minimum Gasteiger partial charge on any atom is -0.302 e. The number of allylic oxidation sites excluding steroid dienone is 2. The Bertz CT molecular complexity index is 692. The van der Waals surface area contributed by atoms with Crippen molar-refractivity contribution in [2.75, 3.05) is 0 Å². The number of hydrogen-bond donors (Lipinski definition) is 1. The highest BCUT2D eigenvalue weighted by atomic mass is 28.3. The second-order valence-electron chi connectivity index (χ2n) is 9.31. The van der Waals surface area contributed by atoms with Crippen LogP contribution in [0, 0.1) is 0 Å². The van der Waals surface area contributed by atoms with E-state index in [1.807, 2.05) is 0 Å². The Balaban J connectivity index is 1.99. The van der Waals surface area contributed by atoms with Gasteiger partial charge < -0.3 is 5.32 Å². The van der Waals surface area contributed by atoms with Crippen LogP contribution in [0.3, 0.4) is 0 Å². The highest BCUT2D eigenvalue weighted by Crippen LogP contribution is 2.38. The lowest BCUT2D eigenvalue weighted by atomic mass is 9.91. The molecule has 0 radical (unpaired) electrons. The Kier molecular flexibility index (Phi) is 6.48. The normalized spacial score (nSPS) is 27.5. The van der Waals surface area contributed by atoms with Crippen molar-refractivity contribution >= 4 is 14.0 Å². The summed E-state index contributed by atoms with van der Waals surface area (Å²) in [5.41, 5.74) is 4.47. The van der Waals surface area contributed by atoms with Crippen molar-refractivity contribution in [1.29, 1.82) is 0 Å². The lowest BCUT2D eigenvalue weighted by Gasteiger charge is -2.46. The quantitative estimate of drug-likeness (QED) is 0.649. The van der Waals surface area contributed by atoms with Crippen LogP contribution in [0.5, 0.6) is 0 Å². The predicted molar refractivity (Wildman–Crippen MR) is 122 cm³/mol. The maximum Gasteiger partial charge on any atom is 0.0901 e. The van der Waals surface area contributed by atoms with Gasteiger partial charge in [-0.3, -0.25) is 0 Å². The molecule has 2 aliphatic carbocycles. The summed E-state index contributed by atoms with van der Waals surface area (Å²) in [6.45, 7) is 11.9. The molecule has 1 nitrogen and oxygen atoms in total. The van der Waals surface area contributed by atoms with Crippen LogP contribution in [0.1, 0.15) is 79.1 Å². The van der Waals surface area contributed by atoms with Crippen LogP contribution >= 0.6 is 0 Å². The first-order chi connectivity index (χ1) is 12.9. The number of nitrogens with one attached hydrogen (secondary N) is 1. The number of hydrogen-bond acceptors (Lipinski definition) is 1. The molecule has 1 aromatic carbocycles. The molecular weight excluding hydrogens is 342 g/mol. The molecule has 0 bridgehead atoms. The topological polar surface area (TPSA) is 12.0 Å². The van der Waals surface area contributed by atoms with Crippen molar-refractivity contribution < 1.29 is 0 Å². The average Bonchev–Trinajstić information content (AvgIpc) is 2.93. The standard InChI is InChI=1S/C25H39NSi/c1-20-19-24(4,22(3)21(20)2)26-25(17-13-8-6-7-9-14-18-25)27(5)23-15-11-10-12-16-23/h10-12,15-16,19,26-27H,6-9,13-14,17-18H2,1-5H3. The Labute approximate surface area is 169 Å². The van der Waals surface area contributed by atoms with Gasteiger partial charge in [-0.2, -0.15) is 0 Å². The Morgan fingerprint density at radius 1 is 0.852 bits per heavy atom. The molecule has 1 saturated carbocycles. The first-order valence-electron chi connectivity index (χ1n) is 11.1. The maximum absolute atomic E-state index is 4.34. The minimum absolute atomic E-state index is 0.0122. The van der Waals surface area contributed by atoms with Crippen LogP contribution in [-0.2, 0) is 0 Å². The summed E-state index contributed by atoms with van der Waals surface area (Å²) in [5, 5.41) is 6.25. The minimum atomic E-state index is -1.18. The van der Waals surface area contributed by atoms with Crippen LogP contribution in [0.4, 0.5) is 0 Å². The molecule has 1 N–H and O–H groups in total. The lowest BCUT2D eigenvalue weighted by Crippen LogP contribution is -2.66. The molecule has 0 saturated heterocycles. The molecule has 0 heterocycles. The molecule has 0 aromatic heterocycles. The summed E-state index contributed by atoms with van der Waals surface area (Å²) >= 11 is 0. The number of benzene rings is 1. The van der Waals surface area contributed by atoms with E-state index in [0.29, 0.717) is 5.16 Å². The Morgan fingerprint density at radius 2 is 1.41 bits per heavy atom. The lowest BCUT2D eigenvalue weighted by molar-refractivity contribution is 0.315. The van der Waals surface area contributed by atoms with E-state index < -0.39 is 8.80 Å². The van der Waals surface area contributed by atoms with E-state index in [9.17, 15) is 0 Å². The van der Waals surface area contributed by atoms with Crippen molar-refractivity contribution in [3.8, 4) is 0 Å². The third-order valence-corrected chi connectivity index (χ3v) is 11.3. The van der Waals surface area contributed by atoms with Gasteiger partial charge >= 0.3 is 0 Å². The van der Waals surface area contributed by atoms with Gasteiger partial charge in [-0.15, -0.1) is 0 Å². The van der Waals surface area contributed by atoms with E-state index in [2.05, 4.69) is 76.0 Å². The van der Waals surface area contributed by atoms with E-state index in [1.165, 1.54) is 68.1 Å². The summed E-state index contributed by atoms with van der Waals surface area (Å²) in [7, 11) is -1.18. The molecule has 1 fully saturated rings. The summed E-state index contributed by atoms with van der Waals surface area (Å²) in [6.07, 6.45) is 13.6. The fraction of sp³-hybridized carbons (Fsp3) is 0.600. The molecule has 148 valence electrons. The smallest absolute Gasteiger partial charge is 0.0901 e. The van der Waals surface area contributed by atoms with Gasteiger partial charge in [0.05, 0.1) is 14.3 Å². The molecule has 2 heteroatoms. The van der Waals surface area contributed by atoms with E-state index in [4.69, 9.17) is 0 Å². The summed E-state index contributed by atoms with van der Waals surface area (Å²) in [4.78, 5) is 0. The van der Waals surface area contributed by atoms with Crippen molar-refractivity contribution in [2.24, 2.45) is 0 Å². The van der Waals surface area contributed by atoms with E-state index in [0.717, 1.165) is 0 Å². The molecule has 0 spiro atoms. The van der Waals surface area contributed by atoms with Gasteiger partial charge in [0.2, 0.25) is 0 Å². The second kappa shape index (κ2) is 8.49. The van der Waals surface area contributed by atoms with E-state index in [1.54, 1.807) is 5.19 Å². The molecule has 0 amide bonds. The van der Waals surface area contributed by atoms with E-state index in [-0.39, 0.29) is 5.54 Å². The fourth-order valence-corrected chi connectivity index (χ4v) is 8.65. The highest BCUT2D eigenvalue weighted by Gasteiger charge is 2.43. The highest BCUT2D eigenvalue weighted by molar-refractivity contribution is 6.75. The third kappa shape index (κ3) is 4.32. The summed E-state index contributed by atoms with van der Waals surface area (Å²) in [6, 6.07) is 11.4. The zero-order chi connectivity index (χ0) is 19.5. The first-order valence-corrected chi connectivity index (χ1v) is 13.4. The molecule has 3 rings (SSSR count). The third-order valence-electron chi connectivity index (χ3n) is 7.57. The summed E-state index contributed by atoms with van der Waals surface area (Å²) in [5.74, 6) is 0.